The molecule has 32 heavy (non-hydrogen) atoms. The first-order valence-electron chi connectivity index (χ1n) is 9.30. The number of aromatic hydroxyl groups is 1. The van der Waals surface area contributed by atoms with Crippen molar-refractivity contribution in [1.82, 2.24) is 14.9 Å². The van der Waals surface area contributed by atoms with Crippen LogP contribution in [0, 0.1) is 11.6 Å². The van der Waals surface area contributed by atoms with Crippen molar-refractivity contribution in [2.24, 2.45) is 7.05 Å². The Bertz CT molecular complexity index is 1260. The second-order valence-corrected chi connectivity index (χ2v) is 8.26. The summed E-state index contributed by atoms with van der Waals surface area (Å²) in [6.45, 7) is -0.0206. The molecule has 0 fully saturated rings. The van der Waals surface area contributed by atoms with E-state index in [0.29, 0.717) is 5.56 Å². The number of carbonyl (C=O) groups excluding carboxylic acids is 1. The van der Waals surface area contributed by atoms with Crippen LogP contribution in [0.3, 0.4) is 0 Å². The molecule has 1 aromatic heterocycles. The third kappa shape index (κ3) is 4.52. The molecule has 0 saturated heterocycles. The standard InChI is InChI=1S/C21H20F2N4O4S/c1-26-19(16-14(23)5-4-6-15(16)27(2)32(3)31)25-17(18(28)21(26)30)20(29)24-11-12-7-9-13(22)10-8-12/h4-10,28H,11H2,1-3H3,(H,24,29). The normalized spacial score (nSPS) is 11.8. The van der Waals surface area contributed by atoms with E-state index >= 15 is 0 Å². The van der Waals surface area contributed by atoms with Crippen LogP contribution in [0.25, 0.3) is 11.4 Å². The van der Waals surface area contributed by atoms with Crippen LogP contribution in [-0.2, 0) is 24.6 Å². The summed E-state index contributed by atoms with van der Waals surface area (Å²) >= 11 is 0. The van der Waals surface area contributed by atoms with Crippen LogP contribution >= 0.6 is 0 Å². The van der Waals surface area contributed by atoms with Crippen LogP contribution < -0.4 is 15.2 Å². The van der Waals surface area contributed by atoms with Gasteiger partial charge in [-0.3, -0.25) is 18.5 Å². The lowest BCUT2D eigenvalue weighted by atomic mass is 10.1. The van der Waals surface area contributed by atoms with Gasteiger partial charge in [0.2, 0.25) is 5.75 Å². The molecule has 11 heteroatoms. The zero-order valence-electron chi connectivity index (χ0n) is 17.4. The lowest BCUT2D eigenvalue weighted by Crippen LogP contribution is -2.30. The van der Waals surface area contributed by atoms with Crippen molar-refractivity contribution in [3.05, 3.63) is 75.7 Å². The van der Waals surface area contributed by atoms with E-state index in [4.69, 9.17) is 0 Å². The SMILES string of the molecule is CN(c1cccc(F)c1-c1nc(C(=O)NCc2ccc(F)cc2)c(O)c(=O)n1C)S(C)=O. The molecule has 3 rings (SSSR count). The Labute approximate surface area is 184 Å². The van der Waals surface area contributed by atoms with E-state index in [-0.39, 0.29) is 23.6 Å². The summed E-state index contributed by atoms with van der Waals surface area (Å²) in [6.07, 6.45) is 1.40. The number of amides is 1. The average molecular weight is 462 g/mol. The first-order valence-corrected chi connectivity index (χ1v) is 10.8. The minimum Gasteiger partial charge on any atom is -0.501 e. The fourth-order valence-corrected chi connectivity index (χ4v) is 3.40. The van der Waals surface area contributed by atoms with E-state index in [1.54, 1.807) is 0 Å². The van der Waals surface area contributed by atoms with Gasteiger partial charge in [0.1, 0.15) is 28.4 Å². The molecule has 1 atom stereocenters. The van der Waals surface area contributed by atoms with Gasteiger partial charge in [0.25, 0.3) is 11.5 Å². The molecule has 0 aliphatic heterocycles. The first-order chi connectivity index (χ1) is 15.1. The van der Waals surface area contributed by atoms with Gasteiger partial charge in [0.15, 0.2) is 5.69 Å². The number of carbonyl (C=O) groups is 1. The first kappa shape index (κ1) is 23.1. The molecule has 0 saturated carbocycles. The highest BCUT2D eigenvalue weighted by Gasteiger charge is 2.25. The van der Waals surface area contributed by atoms with Gasteiger partial charge in [-0.2, -0.15) is 0 Å². The number of aromatic nitrogens is 2. The molecule has 0 aliphatic rings. The van der Waals surface area contributed by atoms with Crippen molar-refractivity contribution in [2.75, 3.05) is 17.6 Å². The van der Waals surface area contributed by atoms with Gasteiger partial charge in [-0.1, -0.05) is 18.2 Å². The van der Waals surface area contributed by atoms with Crippen LogP contribution in [0.5, 0.6) is 5.75 Å². The van der Waals surface area contributed by atoms with E-state index in [0.717, 1.165) is 10.6 Å². The second kappa shape index (κ2) is 9.27. The number of nitrogens with one attached hydrogen (secondary N) is 1. The van der Waals surface area contributed by atoms with Crippen molar-refractivity contribution in [1.29, 1.82) is 0 Å². The fraction of sp³-hybridized carbons (Fsp3) is 0.190. The molecule has 0 radical (unpaired) electrons. The number of anilines is 1. The zero-order chi connectivity index (χ0) is 23.6. The molecular weight excluding hydrogens is 442 g/mol. The maximum Gasteiger partial charge on any atom is 0.296 e. The molecule has 2 aromatic carbocycles. The Morgan fingerprint density at radius 3 is 2.50 bits per heavy atom. The van der Waals surface area contributed by atoms with Crippen LogP contribution in [0.1, 0.15) is 16.1 Å². The summed E-state index contributed by atoms with van der Waals surface area (Å²) in [6, 6.07) is 9.41. The van der Waals surface area contributed by atoms with E-state index in [1.165, 1.54) is 61.1 Å². The predicted molar refractivity (Wildman–Crippen MR) is 117 cm³/mol. The van der Waals surface area contributed by atoms with Crippen molar-refractivity contribution < 1.29 is 22.9 Å². The Morgan fingerprint density at radius 1 is 1.22 bits per heavy atom. The molecular formula is C21H20F2N4O4S. The molecule has 0 spiro atoms. The number of rotatable bonds is 6. The molecule has 168 valence electrons. The number of hydrogen-bond acceptors (Lipinski definition) is 5. The van der Waals surface area contributed by atoms with E-state index < -0.39 is 45.5 Å². The topological polar surface area (TPSA) is 105 Å². The Hall–Kier alpha value is -3.60. The van der Waals surface area contributed by atoms with Gasteiger partial charge < -0.3 is 10.4 Å². The van der Waals surface area contributed by atoms with Gasteiger partial charge in [0.05, 0.1) is 11.3 Å². The van der Waals surface area contributed by atoms with Crippen molar-refractivity contribution in [3.8, 4) is 17.1 Å². The van der Waals surface area contributed by atoms with E-state index in [2.05, 4.69) is 10.3 Å². The predicted octanol–water partition coefficient (Wildman–Crippen LogP) is 2.09. The summed E-state index contributed by atoms with van der Waals surface area (Å²) in [5.74, 6) is -3.21. The average Bonchev–Trinajstić information content (AvgIpc) is 2.77. The van der Waals surface area contributed by atoms with Crippen LogP contribution in [0.2, 0.25) is 0 Å². The number of halogens is 2. The highest BCUT2D eigenvalue weighted by Crippen LogP contribution is 2.32. The Kier molecular flexibility index (Phi) is 6.68. The maximum absolute atomic E-state index is 14.8. The number of nitrogens with zero attached hydrogens (tertiary/aromatic N) is 3. The minimum atomic E-state index is -1.51. The number of benzene rings is 2. The molecule has 1 unspecified atom stereocenters. The Balaban J connectivity index is 2.07. The van der Waals surface area contributed by atoms with Gasteiger partial charge in [-0.05, 0) is 29.8 Å². The van der Waals surface area contributed by atoms with Gasteiger partial charge in [0, 0.05) is 26.9 Å². The molecule has 3 aromatic rings. The molecule has 1 amide bonds. The van der Waals surface area contributed by atoms with Gasteiger partial charge in [-0.15, -0.1) is 0 Å². The molecule has 8 nitrogen and oxygen atoms in total. The molecule has 0 bridgehead atoms. The number of hydrogen-bond donors (Lipinski definition) is 2. The molecule has 2 N–H and O–H groups in total. The van der Waals surface area contributed by atoms with Crippen LogP contribution in [-0.4, -0.2) is 38.1 Å². The van der Waals surface area contributed by atoms with E-state index in [1.807, 2.05) is 0 Å². The van der Waals surface area contributed by atoms with Crippen molar-refractivity contribution >= 4 is 22.6 Å². The highest BCUT2D eigenvalue weighted by molar-refractivity contribution is 7.85. The summed E-state index contributed by atoms with van der Waals surface area (Å²) in [5.41, 5.74) is -0.961. The third-order valence-electron chi connectivity index (χ3n) is 4.79. The molecule has 1 heterocycles. The minimum absolute atomic E-state index is 0.0206. The van der Waals surface area contributed by atoms with Crippen molar-refractivity contribution in [3.63, 3.8) is 0 Å². The summed E-state index contributed by atoms with van der Waals surface area (Å²) in [7, 11) is 1.23. The fourth-order valence-electron chi connectivity index (χ4n) is 2.98. The van der Waals surface area contributed by atoms with Crippen molar-refractivity contribution in [2.45, 2.75) is 6.54 Å². The van der Waals surface area contributed by atoms with Gasteiger partial charge in [-0.25, -0.2) is 18.0 Å². The summed E-state index contributed by atoms with van der Waals surface area (Å²) < 4.78 is 42.0. The van der Waals surface area contributed by atoms with Crippen LogP contribution in [0.15, 0.2) is 47.3 Å². The highest BCUT2D eigenvalue weighted by atomic mass is 32.2. The summed E-state index contributed by atoms with van der Waals surface area (Å²) in [5, 5.41) is 12.7. The lowest BCUT2D eigenvalue weighted by molar-refractivity contribution is 0.0942. The smallest absolute Gasteiger partial charge is 0.296 e. The van der Waals surface area contributed by atoms with E-state index in [9.17, 15) is 27.7 Å². The third-order valence-corrected chi connectivity index (χ3v) is 5.76. The second-order valence-electron chi connectivity index (χ2n) is 6.86. The maximum atomic E-state index is 14.8. The zero-order valence-corrected chi connectivity index (χ0v) is 18.2. The quantitative estimate of drug-likeness (QED) is 0.584. The van der Waals surface area contributed by atoms with Gasteiger partial charge >= 0.3 is 0 Å². The molecule has 0 aliphatic carbocycles. The Morgan fingerprint density at radius 2 is 1.88 bits per heavy atom. The lowest BCUT2D eigenvalue weighted by Gasteiger charge is -2.21. The summed E-state index contributed by atoms with van der Waals surface area (Å²) in [4.78, 5) is 29.3. The largest absolute Gasteiger partial charge is 0.501 e. The monoisotopic (exact) mass is 462 g/mol. The van der Waals surface area contributed by atoms with Crippen LogP contribution in [0.4, 0.5) is 14.5 Å².